The molecule has 47 heavy (non-hydrogen) atoms. The van der Waals surface area contributed by atoms with E-state index in [4.69, 9.17) is 14.7 Å². The van der Waals surface area contributed by atoms with Crippen LogP contribution in [-0.2, 0) is 22.3 Å². The van der Waals surface area contributed by atoms with Gasteiger partial charge >= 0.3 is 18.0 Å². The minimum absolute atomic E-state index is 0.126. The van der Waals surface area contributed by atoms with Crippen molar-refractivity contribution in [1.82, 2.24) is 9.80 Å². The van der Waals surface area contributed by atoms with Crippen LogP contribution in [0.2, 0.25) is 0 Å². The second kappa shape index (κ2) is 18.1. The van der Waals surface area contributed by atoms with Crippen molar-refractivity contribution in [3.8, 4) is 12.0 Å². The summed E-state index contributed by atoms with van der Waals surface area (Å²) in [5.41, 5.74) is 4.01. The monoisotopic (exact) mass is 637 g/mol. The van der Waals surface area contributed by atoms with E-state index in [-0.39, 0.29) is 17.9 Å². The Morgan fingerprint density at radius 1 is 0.915 bits per heavy atom. The van der Waals surface area contributed by atoms with E-state index >= 15 is 0 Å². The number of esters is 2. The zero-order chi connectivity index (χ0) is 33.4. The summed E-state index contributed by atoms with van der Waals surface area (Å²) in [5, 5.41) is 8.61. The first kappa shape index (κ1) is 34.8. The quantitative estimate of drug-likeness (QED) is 0.0953. The van der Waals surface area contributed by atoms with Crippen LogP contribution in [0.15, 0.2) is 78.9 Å². The van der Waals surface area contributed by atoms with Crippen molar-refractivity contribution in [3.05, 3.63) is 107 Å². The molecule has 0 aliphatic carbocycles. The highest BCUT2D eigenvalue weighted by molar-refractivity contribution is 5.90. The van der Waals surface area contributed by atoms with E-state index in [0.717, 1.165) is 87.0 Å². The van der Waals surface area contributed by atoms with Crippen LogP contribution >= 0.6 is 0 Å². The van der Waals surface area contributed by atoms with Gasteiger partial charge in [-0.3, -0.25) is 0 Å². The Labute approximate surface area is 277 Å². The van der Waals surface area contributed by atoms with Crippen molar-refractivity contribution in [2.24, 2.45) is 5.92 Å². The molecule has 0 aromatic heterocycles. The van der Waals surface area contributed by atoms with Gasteiger partial charge in [0, 0.05) is 32.2 Å². The second-order valence-corrected chi connectivity index (χ2v) is 11.7. The van der Waals surface area contributed by atoms with Crippen LogP contribution in [-0.4, -0.2) is 68.2 Å². The van der Waals surface area contributed by atoms with Crippen molar-refractivity contribution in [2.75, 3.05) is 40.4 Å². The highest BCUT2D eigenvalue weighted by Crippen LogP contribution is 2.24. The molecular weight excluding hydrogens is 594 g/mol. The topological polar surface area (TPSA) is 109 Å². The number of nitrogens with zero attached hydrogens (tertiary/aromatic N) is 3. The summed E-state index contributed by atoms with van der Waals surface area (Å²) in [6.45, 7) is 3.06. The molecule has 0 radical (unpaired) electrons. The lowest BCUT2D eigenvalue weighted by Gasteiger charge is -2.33. The molecule has 9 nitrogen and oxygen atoms in total. The Kier molecular flexibility index (Phi) is 13.4. The number of allylic oxidation sites excluding steroid dienone is 1. The Morgan fingerprint density at radius 2 is 1.62 bits per heavy atom. The molecule has 246 valence electrons. The number of benzene rings is 3. The van der Waals surface area contributed by atoms with Crippen LogP contribution in [0.3, 0.4) is 0 Å². The number of urea groups is 1. The number of rotatable bonds is 16. The minimum Gasteiger partial charge on any atom is -0.493 e. The third-order valence-corrected chi connectivity index (χ3v) is 8.32. The second-order valence-electron chi connectivity index (χ2n) is 11.7. The molecule has 1 fully saturated rings. The summed E-state index contributed by atoms with van der Waals surface area (Å²) in [4.78, 5) is 39.8. The van der Waals surface area contributed by atoms with E-state index in [1.807, 2.05) is 60.5 Å². The van der Waals surface area contributed by atoms with Gasteiger partial charge < -0.3 is 24.0 Å². The van der Waals surface area contributed by atoms with Crippen LogP contribution in [0, 0.1) is 17.4 Å². The normalized spacial score (nSPS) is 13.7. The number of carbonyl (C=O) groups excluding carboxylic acids is 3. The zero-order valence-electron chi connectivity index (χ0n) is 27.2. The molecule has 3 aromatic carbocycles. The van der Waals surface area contributed by atoms with Crippen LogP contribution in [0.1, 0.15) is 69.5 Å². The lowest BCUT2D eigenvalue weighted by molar-refractivity contribution is 0.0599. The number of aryl methyl sites for hydroxylation is 1. The van der Waals surface area contributed by atoms with Crippen LogP contribution in [0.25, 0.3) is 6.08 Å². The molecule has 1 heterocycles. The van der Waals surface area contributed by atoms with Crippen LogP contribution in [0.4, 0.5) is 4.79 Å². The fraction of sp³-hybridized carbons (Fsp3) is 0.368. The van der Waals surface area contributed by atoms with E-state index in [0.29, 0.717) is 17.7 Å². The van der Waals surface area contributed by atoms with E-state index in [1.165, 1.54) is 13.4 Å². The Hall–Kier alpha value is -5.10. The largest absolute Gasteiger partial charge is 0.493 e. The molecule has 3 aromatic rings. The van der Waals surface area contributed by atoms with Crippen molar-refractivity contribution in [3.63, 3.8) is 0 Å². The smallest absolute Gasteiger partial charge is 0.353 e. The van der Waals surface area contributed by atoms with Crippen molar-refractivity contribution < 1.29 is 28.6 Å². The number of para-hydroxylation sites is 1. The first-order valence-electron chi connectivity index (χ1n) is 16.1. The molecule has 1 aliphatic rings. The highest BCUT2D eigenvalue weighted by Gasteiger charge is 2.21. The number of methoxy groups -OCH3 is 1. The molecule has 0 N–H and O–H groups in total. The molecule has 1 aliphatic heterocycles. The first-order chi connectivity index (χ1) is 22.9. The minimum atomic E-state index is -0.668. The Morgan fingerprint density at radius 3 is 2.34 bits per heavy atom. The van der Waals surface area contributed by atoms with Gasteiger partial charge in [-0.2, -0.15) is 0 Å². The lowest BCUT2D eigenvalue weighted by atomic mass is 9.91. The predicted octanol–water partition coefficient (Wildman–Crippen LogP) is 6.92. The Bertz CT molecular complexity index is 1540. The van der Waals surface area contributed by atoms with Crippen molar-refractivity contribution in [1.29, 1.82) is 5.26 Å². The number of amides is 2. The van der Waals surface area contributed by atoms with E-state index in [9.17, 15) is 14.4 Å². The number of hydrogen-bond acceptors (Lipinski definition) is 7. The molecule has 1 unspecified atom stereocenters. The molecule has 0 saturated carbocycles. The van der Waals surface area contributed by atoms with Crippen LogP contribution < -0.4 is 4.74 Å². The van der Waals surface area contributed by atoms with Gasteiger partial charge in [0.25, 0.3) is 6.26 Å². The number of ether oxygens (including phenoxy) is 3. The highest BCUT2D eigenvalue weighted by atomic mass is 16.5. The fourth-order valence-electron chi connectivity index (χ4n) is 5.62. The Balaban J connectivity index is 1.37. The van der Waals surface area contributed by atoms with Gasteiger partial charge in [0.15, 0.2) is 0 Å². The molecule has 1 saturated heterocycles. The van der Waals surface area contributed by atoms with Gasteiger partial charge in [-0.25, -0.2) is 14.4 Å². The number of unbranched alkanes of at least 4 members (excludes halogenated alkanes) is 2. The van der Waals surface area contributed by atoms with Gasteiger partial charge in [-0.15, -0.1) is 5.26 Å². The van der Waals surface area contributed by atoms with Gasteiger partial charge in [-0.1, -0.05) is 54.6 Å². The maximum absolute atomic E-state index is 12.3. The average Bonchev–Trinajstić information content (AvgIpc) is 3.10. The molecular formula is C38H43N3O6. The average molecular weight is 638 g/mol. The van der Waals surface area contributed by atoms with Gasteiger partial charge in [0.1, 0.15) is 5.75 Å². The molecule has 2 amide bonds. The summed E-state index contributed by atoms with van der Waals surface area (Å²) in [7, 11) is 3.23. The van der Waals surface area contributed by atoms with Crippen molar-refractivity contribution >= 4 is 24.0 Å². The number of carbonyl (C=O) groups is 3. The summed E-state index contributed by atoms with van der Waals surface area (Å²) >= 11 is 0. The van der Waals surface area contributed by atoms with Gasteiger partial charge in [0.2, 0.25) is 0 Å². The summed E-state index contributed by atoms with van der Waals surface area (Å²) in [6, 6.07) is 22.7. The van der Waals surface area contributed by atoms with Gasteiger partial charge in [0.05, 0.1) is 24.8 Å². The first-order valence-corrected chi connectivity index (χ1v) is 16.1. The zero-order valence-corrected chi connectivity index (χ0v) is 27.2. The maximum atomic E-state index is 12.3. The summed E-state index contributed by atoms with van der Waals surface area (Å²) in [5.74, 6) is -0.0285. The molecule has 4 rings (SSSR count). The van der Waals surface area contributed by atoms with Crippen LogP contribution in [0.5, 0.6) is 5.75 Å². The van der Waals surface area contributed by atoms with E-state index in [1.54, 1.807) is 29.2 Å². The third-order valence-electron chi connectivity index (χ3n) is 8.32. The fourth-order valence-corrected chi connectivity index (χ4v) is 5.62. The standard InChI is InChI=1S/C38H43N3O6/c1-40-23-8-25-41(38(40)44)24-6-3-7-26-46-35-10-5-4-9-32(35)18-15-30(27-31-16-21-33(22-17-31)36(42)45-2)12-11-29-13-19-34(20-14-29)37(43)47-28-39/h4-5,9-10,13-22,30H,3,6-8,11-12,23-27H2,1-2H3/b18-15+. The van der Waals surface area contributed by atoms with E-state index in [2.05, 4.69) is 16.9 Å². The third kappa shape index (κ3) is 10.7. The molecule has 1 atom stereocenters. The van der Waals surface area contributed by atoms with Crippen molar-refractivity contribution in [2.45, 2.75) is 44.9 Å². The van der Waals surface area contributed by atoms with E-state index < -0.39 is 5.97 Å². The summed E-state index contributed by atoms with van der Waals surface area (Å²) < 4.78 is 15.5. The summed E-state index contributed by atoms with van der Waals surface area (Å²) in [6.07, 6.45) is 12.0. The number of nitriles is 1. The SMILES string of the molecule is COC(=O)c1ccc(CC(/C=C/c2ccccc2OCCCCCN2CCCN(C)C2=O)CCc2ccc(C(=O)OC#N)cc2)cc1. The lowest BCUT2D eigenvalue weighted by Crippen LogP contribution is -2.47. The van der Waals surface area contributed by atoms with Gasteiger partial charge in [-0.05, 0) is 92.3 Å². The molecule has 0 spiro atoms. The number of hydrogen-bond donors (Lipinski definition) is 0. The maximum Gasteiger partial charge on any atom is 0.353 e. The predicted molar refractivity (Wildman–Crippen MR) is 180 cm³/mol. The molecule has 9 heteroatoms. The molecule has 0 bridgehead atoms.